The average molecular weight is 409 g/mol. The molecule has 2 aromatic carbocycles. The van der Waals surface area contributed by atoms with Crippen LogP contribution in [0.4, 0.5) is 4.79 Å². The van der Waals surface area contributed by atoms with Gasteiger partial charge in [0.15, 0.2) is 0 Å². The number of nitrogens with zero attached hydrogens (tertiary/aromatic N) is 2. The quantitative estimate of drug-likeness (QED) is 0.627. The van der Waals surface area contributed by atoms with Gasteiger partial charge in [0.2, 0.25) is 0 Å². The molecular weight excluding hydrogens is 382 g/mol. The lowest BCUT2D eigenvalue weighted by Crippen LogP contribution is -2.35. The lowest BCUT2D eigenvalue weighted by Gasteiger charge is -2.12. The number of nitrogens with one attached hydrogen (secondary N) is 1. The van der Waals surface area contributed by atoms with Crippen molar-refractivity contribution in [3.63, 3.8) is 0 Å². The van der Waals surface area contributed by atoms with Crippen LogP contribution in [0.5, 0.6) is 5.75 Å². The molecule has 2 N–H and O–H groups in total. The van der Waals surface area contributed by atoms with Crippen LogP contribution in [0, 0.1) is 0 Å². The Morgan fingerprint density at radius 2 is 1.90 bits per heavy atom. The number of ether oxygens (including phenoxy) is 1. The maximum Gasteiger partial charge on any atom is 0.335 e. The van der Waals surface area contributed by atoms with E-state index in [9.17, 15) is 14.7 Å². The summed E-state index contributed by atoms with van der Waals surface area (Å²) in [6.07, 6.45) is 3.45. The Balaban J connectivity index is 1.86. The molecule has 1 heterocycles. The van der Waals surface area contributed by atoms with Gasteiger partial charge in [-0.2, -0.15) is 0 Å². The predicted octanol–water partition coefficient (Wildman–Crippen LogP) is 3.29. The number of amides is 2. The number of methoxy groups -OCH3 is 1. The fourth-order valence-electron chi connectivity index (χ4n) is 3.52. The fraction of sp³-hybridized carbons (Fsp3) is 0.304. The number of carbonyl (C=O) groups is 2. The number of rotatable bonds is 7. The van der Waals surface area contributed by atoms with Crippen LogP contribution in [-0.4, -0.2) is 54.3 Å². The van der Waals surface area contributed by atoms with Gasteiger partial charge in [-0.25, -0.2) is 9.59 Å². The molecule has 0 spiro atoms. The van der Waals surface area contributed by atoms with Crippen molar-refractivity contribution in [1.29, 1.82) is 0 Å². The highest BCUT2D eigenvalue weighted by molar-refractivity contribution is 5.88. The van der Waals surface area contributed by atoms with Gasteiger partial charge in [-0.1, -0.05) is 12.1 Å². The van der Waals surface area contributed by atoms with E-state index in [0.29, 0.717) is 18.7 Å². The third kappa shape index (κ3) is 4.56. The zero-order valence-corrected chi connectivity index (χ0v) is 17.7. The summed E-state index contributed by atoms with van der Waals surface area (Å²) in [4.78, 5) is 24.4. The van der Waals surface area contributed by atoms with Crippen LogP contribution < -0.4 is 10.1 Å². The van der Waals surface area contributed by atoms with Gasteiger partial charge in [0.25, 0.3) is 0 Å². The number of hydrogen-bond donors (Lipinski definition) is 2. The van der Waals surface area contributed by atoms with E-state index in [1.54, 1.807) is 33.3 Å². The Bertz CT molecular complexity index is 1090. The summed E-state index contributed by atoms with van der Waals surface area (Å²) >= 11 is 0. The second kappa shape index (κ2) is 8.90. The number of urea groups is 1. The van der Waals surface area contributed by atoms with Gasteiger partial charge >= 0.3 is 12.0 Å². The molecule has 2 amide bonds. The molecule has 0 atom stereocenters. The van der Waals surface area contributed by atoms with Crippen molar-refractivity contribution in [2.24, 2.45) is 7.05 Å². The molecule has 0 aliphatic rings. The number of fused-ring (bicyclic) bond motifs is 1. The minimum absolute atomic E-state index is 0.103. The van der Waals surface area contributed by atoms with Gasteiger partial charge in [-0.3, -0.25) is 0 Å². The SMILES string of the molecule is COc1cc(C(=O)O)ccc1Cc1cn(C)c2ccc(CCNC(=O)N(C)C)cc12. The highest BCUT2D eigenvalue weighted by Crippen LogP contribution is 2.28. The number of hydrogen-bond acceptors (Lipinski definition) is 3. The number of carbonyl (C=O) groups excluding carboxylic acids is 1. The lowest BCUT2D eigenvalue weighted by molar-refractivity contribution is 0.0696. The zero-order chi connectivity index (χ0) is 21.8. The van der Waals surface area contributed by atoms with E-state index in [2.05, 4.69) is 34.3 Å². The molecule has 7 nitrogen and oxygen atoms in total. The molecule has 0 aliphatic heterocycles. The van der Waals surface area contributed by atoms with Gasteiger partial charge in [-0.15, -0.1) is 0 Å². The number of aromatic carboxylic acids is 1. The zero-order valence-electron chi connectivity index (χ0n) is 17.7. The van der Waals surface area contributed by atoms with Gasteiger partial charge in [-0.05, 0) is 47.4 Å². The van der Waals surface area contributed by atoms with E-state index < -0.39 is 5.97 Å². The molecule has 3 rings (SSSR count). The minimum Gasteiger partial charge on any atom is -0.496 e. The molecule has 0 radical (unpaired) electrons. The Morgan fingerprint density at radius 3 is 2.57 bits per heavy atom. The number of carboxylic acids is 1. The van der Waals surface area contributed by atoms with Gasteiger partial charge in [0, 0.05) is 51.2 Å². The molecule has 7 heteroatoms. The normalized spacial score (nSPS) is 10.8. The summed E-state index contributed by atoms with van der Waals surface area (Å²) in [6.45, 7) is 0.565. The van der Waals surface area contributed by atoms with E-state index >= 15 is 0 Å². The van der Waals surface area contributed by atoms with E-state index in [4.69, 9.17) is 4.74 Å². The first-order valence-corrected chi connectivity index (χ1v) is 9.72. The first-order chi connectivity index (χ1) is 14.3. The Kier molecular flexibility index (Phi) is 6.30. The van der Waals surface area contributed by atoms with Crippen molar-refractivity contribution in [3.8, 4) is 5.75 Å². The summed E-state index contributed by atoms with van der Waals surface area (Å²) < 4.78 is 7.52. The van der Waals surface area contributed by atoms with E-state index in [1.165, 1.54) is 4.90 Å². The van der Waals surface area contributed by atoms with Crippen LogP contribution in [0.25, 0.3) is 10.9 Å². The maximum atomic E-state index is 11.7. The van der Waals surface area contributed by atoms with Crippen molar-refractivity contribution in [2.75, 3.05) is 27.7 Å². The Labute approximate surface area is 175 Å². The number of aromatic nitrogens is 1. The van der Waals surface area contributed by atoms with Crippen molar-refractivity contribution >= 4 is 22.9 Å². The largest absolute Gasteiger partial charge is 0.496 e. The summed E-state index contributed by atoms with van der Waals surface area (Å²) in [5.74, 6) is -0.412. The summed E-state index contributed by atoms with van der Waals surface area (Å²) in [5.41, 5.74) is 4.52. The average Bonchev–Trinajstić information content (AvgIpc) is 3.02. The fourth-order valence-corrected chi connectivity index (χ4v) is 3.52. The van der Waals surface area contributed by atoms with E-state index in [1.807, 2.05) is 13.1 Å². The Morgan fingerprint density at radius 1 is 1.13 bits per heavy atom. The smallest absolute Gasteiger partial charge is 0.335 e. The second-order valence-corrected chi connectivity index (χ2v) is 7.50. The molecule has 0 fully saturated rings. The topological polar surface area (TPSA) is 83.8 Å². The molecule has 0 saturated carbocycles. The van der Waals surface area contributed by atoms with E-state index in [0.717, 1.165) is 34.0 Å². The molecule has 0 aliphatic carbocycles. The monoisotopic (exact) mass is 409 g/mol. The second-order valence-electron chi connectivity index (χ2n) is 7.50. The summed E-state index contributed by atoms with van der Waals surface area (Å²) in [6, 6.07) is 11.2. The van der Waals surface area contributed by atoms with Crippen LogP contribution in [0.1, 0.15) is 27.0 Å². The maximum absolute atomic E-state index is 11.7. The lowest BCUT2D eigenvalue weighted by atomic mass is 10.00. The predicted molar refractivity (Wildman–Crippen MR) is 116 cm³/mol. The molecule has 158 valence electrons. The molecular formula is C23H27N3O4. The number of carboxylic acid groups (broad SMARTS) is 1. The van der Waals surface area contributed by atoms with Crippen molar-refractivity contribution in [1.82, 2.24) is 14.8 Å². The third-order valence-electron chi connectivity index (χ3n) is 5.15. The van der Waals surface area contributed by atoms with Crippen LogP contribution >= 0.6 is 0 Å². The van der Waals surface area contributed by atoms with E-state index in [-0.39, 0.29) is 11.6 Å². The standard InChI is InChI=1S/C23H27N3O4/c1-25(2)23(29)24-10-9-15-5-8-20-19(11-15)18(14-26(20)3)12-16-6-7-17(22(27)28)13-21(16)30-4/h5-8,11,13-14H,9-10,12H2,1-4H3,(H,24,29)(H,27,28). The van der Waals surface area contributed by atoms with Crippen molar-refractivity contribution in [2.45, 2.75) is 12.8 Å². The molecule has 1 aromatic heterocycles. The Hall–Kier alpha value is -3.48. The molecule has 0 unspecified atom stereocenters. The van der Waals surface area contributed by atoms with Gasteiger partial charge in [0.05, 0.1) is 12.7 Å². The molecule has 30 heavy (non-hydrogen) atoms. The van der Waals surface area contributed by atoms with Crippen molar-refractivity contribution < 1.29 is 19.4 Å². The summed E-state index contributed by atoms with van der Waals surface area (Å²) in [5, 5.41) is 13.2. The summed E-state index contributed by atoms with van der Waals surface area (Å²) in [7, 11) is 6.99. The molecule has 0 saturated heterocycles. The van der Waals surface area contributed by atoms with Crippen LogP contribution in [0.15, 0.2) is 42.6 Å². The number of aryl methyl sites for hydroxylation is 1. The van der Waals surface area contributed by atoms with Crippen LogP contribution in [0.2, 0.25) is 0 Å². The molecule has 3 aromatic rings. The van der Waals surface area contributed by atoms with Crippen LogP contribution in [-0.2, 0) is 19.9 Å². The van der Waals surface area contributed by atoms with Crippen LogP contribution in [0.3, 0.4) is 0 Å². The third-order valence-corrected chi connectivity index (χ3v) is 5.15. The first kappa shape index (κ1) is 21.2. The van der Waals surface area contributed by atoms with Gasteiger partial charge in [0.1, 0.15) is 5.75 Å². The van der Waals surface area contributed by atoms with Gasteiger partial charge < -0.3 is 24.6 Å². The molecule has 0 bridgehead atoms. The number of benzene rings is 2. The highest BCUT2D eigenvalue weighted by Gasteiger charge is 2.13. The minimum atomic E-state index is -0.976. The first-order valence-electron chi connectivity index (χ1n) is 9.72. The van der Waals surface area contributed by atoms with Crippen molar-refractivity contribution in [3.05, 3.63) is 64.8 Å². The highest BCUT2D eigenvalue weighted by atomic mass is 16.5.